The van der Waals surface area contributed by atoms with Crippen molar-refractivity contribution in [3.8, 4) is 17.3 Å². The average Bonchev–Trinajstić information content (AvgIpc) is 3.39. The van der Waals surface area contributed by atoms with Crippen molar-refractivity contribution in [2.75, 3.05) is 18.6 Å². The van der Waals surface area contributed by atoms with Crippen LogP contribution in [-0.2, 0) is 16.0 Å². The van der Waals surface area contributed by atoms with Crippen molar-refractivity contribution >= 4 is 17.5 Å². The van der Waals surface area contributed by atoms with E-state index in [1.165, 1.54) is 0 Å². The van der Waals surface area contributed by atoms with E-state index in [0.717, 1.165) is 0 Å². The highest BCUT2D eigenvalue weighted by Crippen LogP contribution is 2.31. The number of ether oxygens (including phenoxy) is 1. The van der Waals surface area contributed by atoms with Crippen LogP contribution in [0.1, 0.15) is 18.7 Å². The Balaban J connectivity index is 1.31. The van der Waals surface area contributed by atoms with Crippen molar-refractivity contribution in [3.05, 3.63) is 54.6 Å². The summed E-state index contributed by atoms with van der Waals surface area (Å²) >= 11 is 0. The number of aryl methyl sites for hydroxylation is 1. The lowest BCUT2D eigenvalue weighted by Gasteiger charge is -2.19. The molecule has 1 aliphatic rings. The molecule has 0 bridgehead atoms. The van der Waals surface area contributed by atoms with Crippen LogP contribution in [0.4, 0.5) is 5.69 Å². The fourth-order valence-electron chi connectivity index (χ4n) is 3.37. The van der Waals surface area contributed by atoms with Crippen molar-refractivity contribution < 1.29 is 18.8 Å². The third-order valence-corrected chi connectivity index (χ3v) is 4.79. The molecule has 4 rings (SSSR count). The number of carbonyl (C=O) groups excluding carboxylic acids is 2. The van der Waals surface area contributed by atoms with Crippen LogP contribution in [0, 0.1) is 0 Å². The van der Waals surface area contributed by atoms with E-state index in [1.807, 2.05) is 24.3 Å². The third kappa shape index (κ3) is 4.29. The number of para-hydroxylation sites is 2. The third-order valence-electron chi connectivity index (χ3n) is 4.79. The highest BCUT2D eigenvalue weighted by molar-refractivity contribution is 5.98. The first-order chi connectivity index (χ1) is 14.6. The molecule has 2 aromatic heterocycles. The number of hydrogen-bond donors (Lipinski definition) is 1. The molecule has 154 valence electrons. The molecule has 9 nitrogen and oxygen atoms in total. The Kier molecular flexibility index (Phi) is 5.69. The summed E-state index contributed by atoms with van der Waals surface area (Å²) < 4.78 is 10.5. The van der Waals surface area contributed by atoms with E-state index < -0.39 is 0 Å². The van der Waals surface area contributed by atoms with Gasteiger partial charge in [0, 0.05) is 32.0 Å². The van der Waals surface area contributed by atoms with Gasteiger partial charge in [-0.1, -0.05) is 23.4 Å². The van der Waals surface area contributed by atoms with Gasteiger partial charge in [0.15, 0.2) is 0 Å². The molecular formula is C21H21N5O4. The number of benzene rings is 1. The smallest absolute Gasteiger partial charge is 0.229 e. The van der Waals surface area contributed by atoms with Crippen LogP contribution in [0.2, 0.25) is 0 Å². The van der Waals surface area contributed by atoms with Gasteiger partial charge in [-0.25, -0.2) is 0 Å². The molecule has 0 radical (unpaired) electrons. The number of amides is 2. The van der Waals surface area contributed by atoms with E-state index in [0.29, 0.717) is 41.8 Å². The maximum absolute atomic E-state index is 12.4. The van der Waals surface area contributed by atoms with Crippen LogP contribution in [0.3, 0.4) is 0 Å². The molecule has 0 saturated carbocycles. The van der Waals surface area contributed by atoms with Crippen LogP contribution >= 0.6 is 0 Å². The Labute approximate surface area is 173 Å². The van der Waals surface area contributed by atoms with Crippen molar-refractivity contribution in [2.24, 2.45) is 0 Å². The first-order valence-electron chi connectivity index (χ1n) is 9.61. The van der Waals surface area contributed by atoms with E-state index in [9.17, 15) is 9.59 Å². The first-order valence-corrected chi connectivity index (χ1v) is 9.61. The van der Waals surface area contributed by atoms with Gasteiger partial charge < -0.3 is 19.5 Å². The molecule has 0 aliphatic carbocycles. The molecule has 1 aromatic carbocycles. The lowest BCUT2D eigenvalue weighted by Crippen LogP contribution is -2.37. The number of methoxy groups -OCH3 is 1. The predicted octanol–water partition coefficient (Wildman–Crippen LogP) is 1.99. The normalized spacial score (nSPS) is 16.0. The van der Waals surface area contributed by atoms with E-state index in [4.69, 9.17) is 9.26 Å². The van der Waals surface area contributed by atoms with Gasteiger partial charge in [0.05, 0.1) is 18.8 Å². The monoisotopic (exact) mass is 407 g/mol. The predicted molar refractivity (Wildman–Crippen MR) is 108 cm³/mol. The van der Waals surface area contributed by atoms with E-state index in [2.05, 4.69) is 20.4 Å². The molecule has 1 atom stereocenters. The summed E-state index contributed by atoms with van der Waals surface area (Å²) in [6, 6.07) is 12.5. The van der Waals surface area contributed by atoms with Crippen LogP contribution in [-0.4, -0.2) is 46.6 Å². The second kappa shape index (κ2) is 8.73. The Morgan fingerprint density at radius 1 is 1.27 bits per heavy atom. The quantitative estimate of drug-likeness (QED) is 0.638. The number of aromatic nitrogens is 3. The SMILES string of the molecule is COc1ccccc1N1C[C@@H](NC(=O)CCc2nc(-c3ccccn3)no2)CC1=O. The Hall–Kier alpha value is -3.75. The van der Waals surface area contributed by atoms with Crippen LogP contribution in [0.15, 0.2) is 53.2 Å². The van der Waals surface area contributed by atoms with Gasteiger partial charge in [-0.2, -0.15) is 4.98 Å². The van der Waals surface area contributed by atoms with E-state index in [1.54, 1.807) is 36.4 Å². The van der Waals surface area contributed by atoms with Crippen LogP contribution in [0.5, 0.6) is 5.75 Å². The highest BCUT2D eigenvalue weighted by atomic mass is 16.5. The molecule has 1 N–H and O–H groups in total. The maximum Gasteiger partial charge on any atom is 0.229 e. The second-order valence-electron chi connectivity index (χ2n) is 6.87. The zero-order valence-corrected chi connectivity index (χ0v) is 16.4. The highest BCUT2D eigenvalue weighted by Gasteiger charge is 2.32. The summed E-state index contributed by atoms with van der Waals surface area (Å²) in [4.78, 5) is 34.9. The Morgan fingerprint density at radius 3 is 2.90 bits per heavy atom. The van der Waals surface area contributed by atoms with Gasteiger partial charge >= 0.3 is 0 Å². The van der Waals surface area contributed by atoms with Crippen LogP contribution in [0.25, 0.3) is 11.5 Å². The molecule has 1 saturated heterocycles. The number of hydrogen-bond acceptors (Lipinski definition) is 7. The van der Waals surface area contributed by atoms with Gasteiger partial charge in [0.1, 0.15) is 11.4 Å². The largest absolute Gasteiger partial charge is 0.495 e. The number of rotatable bonds is 7. The Morgan fingerprint density at radius 2 is 2.10 bits per heavy atom. The van der Waals surface area contributed by atoms with Gasteiger partial charge in [-0.15, -0.1) is 0 Å². The minimum absolute atomic E-state index is 0.0540. The molecule has 2 amide bonds. The molecule has 1 fully saturated rings. The second-order valence-corrected chi connectivity index (χ2v) is 6.87. The van der Waals surface area contributed by atoms with Gasteiger partial charge in [0.2, 0.25) is 23.5 Å². The number of pyridine rings is 1. The number of anilines is 1. The lowest BCUT2D eigenvalue weighted by atomic mass is 10.2. The van der Waals surface area contributed by atoms with Crippen molar-refractivity contribution in [1.29, 1.82) is 0 Å². The van der Waals surface area contributed by atoms with Crippen molar-refractivity contribution in [2.45, 2.75) is 25.3 Å². The fraction of sp³-hybridized carbons (Fsp3) is 0.286. The maximum atomic E-state index is 12.4. The summed E-state index contributed by atoms with van der Waals surface area (Å²) in [6.45, 7) is 0.398. The summed E-state index contributed by atoms with van der Waals surface area (Å²) in [5.74, 6) is 1.15. The van der Waals surface area contributed by atoms with Crippen molar-refractivity contribution in [3.63, 3.8) is 0 Å². The van der Waals surface area contributed by atoms with Crippen molar-refractivity contribution in [1.82, 2.24) is 20.4 Å². The average molecular weight is 407 g/mol. The summed E-state index contributed by atoms with van der Waals surface area (Å²) in [6.07, 6.45) is 2.38. The standard InChI is InChI=1S/C21H21N5O4/c1-29-17-8-3-2-7-16(17)26-13-14(12-20(26)28)23-18(27)9-10-19-24-21(25-30-19)15-6-4-5-11-22-15/h2-8,11,14H,9-10,12-13H2,1H3,(H,23,27)/t14-/m0/s1. The van der Waals surface area contributed by atoms with Gasteiger partial charge in [-0.05, 0) is 24.3 Å². The Bertz CT molecular complexity index is 1040. The van der Waals surface area contributed by atoms with E-state index >= 15 is 0 Å². The molecule has 1 aliphatic heterocycles. The van der Waals surface area contributed by atoms with Gasteiger partial charge in [0.25, 0.3) is 0 Å². The number of nitrogens with one attached hydrogen (secondary N) is 1. The fourth-order valence-corrected chi connectivity index (χ4v) is 3.37. The first kappa shape index (κ1) is 19.6. The minimum atomic E-state index is -0.262. The molecule has 0 unspecified atom stereocenters. The van der Waals surface area contributed by atoms with E-state index in [-0.39, 0.29) is 30.7 Å². The topological polar surface area (TPSA) is 110 Å². The molecular weight excluding hydrogens is 386 g/mol. The summed E-state index contributed by atoms with van der Waals surface area (Å²) in [5, 5.41) is 6.80. The lowest BCUT2D eigenvalue weighted by molar-refractivity contribution is -0.121. The zero-order chi connectivity index (χ0) is 20.9. The molecule has 3 aromatic rings. The molecule has 9 heteroatoms. The van der Waals surface area contributed by atoms with Crippen LogP contribution < -0.4 is 15.0 Å². The minimum Gasteiger partial charge on any atom is -0.495 e. The summed E-state index contributed by atoms with van der Waals surface area (Å²) in [7, 11) is 1.56. The molecule has 30 heavy (non-hydrogen) atoms. The van der Waals surface area contributed by atoms with Gasteiger partial charge in [-0.3, -0.25) is 14.6 Å². The molecule has 0 spiro atoms. The number of nitrogens with zero attached hydrogens (tertiary/aromatic N) is 4. The summed E-state index contributed by atoms with van der Waals surface area (Å²) in [5.41, 5.74) is 1.31. The molecule has 3 heterocycles. The number of carbonyl (C=O) groups is 2. The zero-order valence-electron chi connectivity index (χ0n) is 16.4.